The molecule has 1 saturated heterocycles. The van der Waals surface area contributed by atoms with E-state index in [4.69, 9.17) is 18.9 Å². The van der Waals surface area contributed by atoms with E-state index in [0.717, 1.165) is 25.7 Å². The summed E-state index contributed by atoms with van der Waals surface area (Å²) in [7, 11) is 1.44. The zero-order chi connectivity index (χ0) is 43.5. The summed E-state index contributed by atoms with van der Waals surface area (Å²) in [5, 5.41) is 60.5. The number of aliphatic imine (C=N–C) groups is 1. The van der Waals surface area contributed by atoms with E-state index >= 15 is 0 Å². The van der Waals surface area contributed by atoms with Crippen LogP contribution in [0.2, 0.25) is 0 Å². The number of hydrogen-bond acceptors (Lipinski definition) is 13. The molecule has 15 nitrogen and oxygen atoms in total. The Morgan fingerprint density at radius 3 is 2.22 bits per heavy atom. The van der Waals surface area contributed by atoms with Crippen molar-refractivity contribution >= 4 is 46.1 Å². The molecule has 15 heteroatoms. The number of aliphatic hydroxyl groups is 2. The molecule has 0 spiro atoms. The Balaban J connectivity index is 1.71. The predicted molar refractivity (Wildman–Crippen MR) is 222 cm³/mol. The number of carbonyl (C=O) groups excluding carboxylic acids is 3. The highest BCUT2D eigenvalue weighted by molar-refractivity contribution is 6.23. The van der Waals surface area contributed by atoms with Crippen molar-refractivity contribution in [2.75, 3.05) is 25.5 Å². The average molecular weight is 822 g/mol. The van der Waals surface area contributed by atoms with Gasteiger partial charge in [-0.2, -0.15) is 0 Å². The normalized spacial score (nSPS) is 31.9. The van der Waals surface area contributed by atoms with Crippen LogP contribution in [-0.2, 0) is 23.8 Å². The minimum Gasteiger partial charge on any atom is -0.507 e. The molecule has 6 N–H and O–H groups in total. The number of anilines is 1. The average Bonchev–Trinajstić information content (AvgIpc) is 3.33. The number of phenolic OH excluding ortho intramolecular Hbond substituents is 3. The fourth-order valence-electron chi connectivity index (χ4n) is 8.18. The van der Waals surface area contributed by atoms with Gasteiger partial charge in [0.15, 0.2) is 11.5 Å². The lowest BCUT2D eigenvalue weighted by Gasteiger charge is -2.38. The number of fused-ring (bicyclic) bond motifs is 14. The van der Waals surface area contributed by atoms with Crippen LogP contribution in [0.15, 0.2) is 41.1 Å². The molecule has 4 aliphatic heterocycles. The molecule has 59 heavy (non-hydrogen) atoms. The number of hydrogen-bond donors (Lipinski definition) is 6. The third kappa shape index (κ3) is 9.07. The Morgan fingerprint density at radius 2 is 1.59 bits per heavy atom. The number of aliphatic hydroxyl groups excluding tert-OH is 2. The van der Waals surface area contributed by atoms with Gasteiger partial charge in [0, 0.05) is 74.2 Å². The van der Waals surface area contributed by atoms with Crippen molar-refractivity contribution < 1.29 is 58.9 Å². The van der Waals surface area contributed by atoms with Crippen molar-refractivity contribution in [2.24, 2.45) is 28.7 Å². The van der Waals surface area contributed by atoms with Gasteiger partial charge in [0.25, 0.3) is 11.7 Å². The molecule has 0 radical (unpaired) electrons. The summed E-state index contributed by atoms with van der Waals surface area (Å²) in [6.07, 6.45) is 9.07. The molecule has 9 atom stereocenters. The van der Waals surface area contributed by atoms with Gasteiger partial charge in [0.1, 0.15) is 29.0 Å². The number of carbonyl (C=O) groups is 3. The van der Waals surface area contributed by atoms with E-state index in [1.54, 1.807) is 39.8 Å². The summed E-state index contributed by atoms with van der Waals surface area (Å²) in [6, 6.07) is 0. The Morgan fingerprint density at radius 1 is 0.932 bits per heavy atom. The molecule has 322 valence electrons. The number of Topliss-reactive ketones (excluding diaryl/α,β-unsaturated/α-hetero) is 1. The van der Waals surface area contributed by atoms with Gasteiger partial charge in [-0.05, 0) is 32.8 Å². The number of nitrogens with one attached hydrogen (secondary N) is 1. The molecule has 4 heterocycles. The number of nitrogens with zero attached hydrogens (tertiary/aromatic N) is 2. The molecular formula is C44H59N3O12. The Kier molecular flexibility index (Phi) is 14.0. The smallest absolute Gasteiger partial charge is 0.312 e. The number of allylic oxidation sites excluding steroid dienone is 2. The summed E-state index contributed by atoms with van der Waals surface area (Å²) in [4.78, 5) is 47.1. The number of ether oxygens (including phenoxy) is 4. The van der Waals surface area contributed by atoms with Crippen molar-refractivity contribution in [2.45, 2.75) is 111 Å². The number of aromatic hydroxyl groups is 3. The number of amides is 1. The molecule has 5 bridgehead atoms. The first kappa shape index (κ1) is 45.0. The van der Waals surface area contributed by atoms with Gasteiger partial charge < -0.3 is 54.7 Å². The highest BCUT2D eigenvalue weighted by Crippen LogP contribution is 2.57. The zero-order valence-electron chi connectivity index (χ0n) is 35.3. The third-order valence-electron chi connectivity index (χ3n) is 12.0. The molecule has 0 aliphatic carbocycles. The van der Waals surface area contributed by atoms with Crippen LogP contribution in [0.25, 0.3) is 10.8 Å². The number of benzene rings is 2. The van der Waals surface area contributed by atoms with E-state index in [0.29, 0.717) is 13.1 Å². The number of esters is 1. The van der Waals surface area contributed by atoms with Crippen molar-refractivity contribution in [1.29, 1.82) is 0 Å². The van der Waals surface area contributed by atoms with Gasteiger partial charge in [-0.3, -0.25) is 14.4 Å². The maximum absolute atomic E-state index is 14.4. The fourth-order valence-corrected chi connectivity index (χ4v) is 8.18. The third-order valence-corrected chi connectivity index (χ3v) is 12.0. The van der Waals surface area contributed by atoms with E-state index in [-0.39, 0.29) is 44.6 Å². The standard InChI is InChI=1S/C44H59N3O12/c1-22-15-14-16-23(2)43(55)46-34-33(45-21-47-18-12-10-11-13-19-47)38(52)30-31(39(34)53)37(51)27(6)41-32(30)42(54)44(8,59-41)57-20-17-29(56-9)24(3)40(58-28(7)48)26(5)36(50)25(4)35(22)49/h14-17,20-22,24-26,29,35-36,40,49-53H,10-13,18-19H2,1-9H3,(H,46,55)/b15-14+,20-17+,23-16-,45-21?/t22-,24+,25+,26+,29-,35-,36+,40+,44-/m0/s1. The zero-order valence-corrected chi connectivity index (χ0v) is 35.3. The van der Waals surface area contributed by atoms with Crippen LogP contribution < -0.4 is 10.1 Å². The van der Waals surface area contributed by atoms with Gasteiger partial charge in [-0.15, -0.1) is 0 Å². The minimum absolute atomic E-state index is 0.0578. The summed E-state index contributed by atoms with van der Waals surface area (Å²) in [5.41, 5.74) is -0.505. The second kappa shape index (κ2) is 18.4. The number of rotatable bonds is 4. The van der Waals surface area contributed by atoms with Crippen LogP contribution in [0.3, 0.4) is 0 Å². The number of likely N-dealkylation sites (tertiary alicyclic amines) is 1. The Hall–Kier alpha value is -5.12. The lowest BCUT2D eigenvalue weighted by atomic mass is 9.78. The number of phenols is 3. The summed E-state index contributed by atoms with van der Waals surface area (Å²) < 4.78 is 23.6. The summed E-state index contributed by atoms with van der Waals surface area (Å²) in [6.45, 7) is 13.9. The monoisotopic (exact) mass is 821 g/mol. The van der Waals surface area contributed by atoms with Gasteiger partial charge in [0.2, 0.25) is 0 Å². The molecule has 0 saturated carbocycles. The molecule has 1 amide bonds. The quantitative estimate of drug-likeness (QED) is 0.0658. The number of methoxy groups -OCH3 is 1. The highest BCUT2D eigenvalue weighted by Gasteiger charge is 2.50. The SMILES string of the molecule is CO[C@H]1/C=C/O[C@@]2(C)Oc3c(C)c(O)c4c(O)c(c(N=CN5CCCCCC5)c(O)c4c3C2=O)NC(=O)/C(C)=C\C=C\[C@H](C)[C@H](O)[C@@H](C)[C@@H](O)[C@@H](C)[C@H](OC(C)=O)[C@@H]1C. The predicted octanol–water partition coefficient (Wildman–Crippen LogP) is 6.29. The van der Waals surface area contributed by atoms with Crippen LogP contribution in [0.5, 0.6) is 23.0 Å². The molecule has 4 aliphatic rings. The summed E-state index contributed by atoms with van der Waals surface area (Å²) in [5.74, 6) is -8.38. The van der Waals surface area contributed by atoms with E-state index in [2.05, 4.69) is 10.3 Å². The van der Waals surface area contributed by atoms with Crippen molar-refractivity contribution in [1.82, 2.24) is 4.90 Å². The molecule has 0 unspecified atom stereocenters. The van der Waals surface area contributed by atoms with Crippen LogP contribution in [-0.4, -0.2) is 105 Å². The highest BCUT2D eigenvalue weighted by atomic mass is 16.7. The van der Waals surface area contributed by atoms with Gasteiger partial charge in [-0.25, -0.2) is 4.99 Å². The maximum Gasteiger partial charge on any atom is 0.312 e. The van der Waals surface area contributed by atoms with Gasteiger partial charge in [0.05, 0.1) is 41.9 Å². The Labute approximate surface area is 345 Å². The first-order valence-electron chi connectivity index (χ1n) is 20.2. The molecule has 6 rings (SSSR count). The van der Waals surface area contributed by atoms with E-state index in [1.165, 1.54) is 59.6 Å². The van der Waals surface area contributed by atoms with E-state index < -0.39 is 88.8 Å². The van der Waals surface area contributed by atoms with Crippen LogP contribution in [0.4, 0.5) is 11.4 Å². The lowest BCUT2D eigenvalue weighted by molar-refractivity contribution is -0.160. The molecule has 2 aromatic carbocycles. The summed E-state index contributed by atoms with van der Waals surface area (Å²) >= 11 is 0. The van der Waals surface area contributed by atoms with Crippen molar-refractivity contribution in [3.8, 4) is 23.0 Å². The van der Waals surface area contributed by atoms with Gasteiger partial charge in [-0.1, -0.05) is 58.8 Å². The maximum atomic E-state index is 14.4. The second-order valence-electron chi connectivity index (χ2n) is 16.2. The lowest BCUT2D eigenvalue weighted by Crippen LogP contribution is -2.46. The molecule has 0 aromatic heterocycles. The van der Waals surface area contributed by atoms with Crippen molar-refractivity contribution in [3.63, 3.8) is 0 Å². The second-order valence-corrected chi connectivity index (χ2v) is 16.2. The van der Waals surface area contributed by atoms with Crippen molar-refractivity contribution in [3.05, 3.63) is 47.3 Å². The molecule has 1 fully saturated rings. The van der Waals surface area contributed by atoms with Crippen LogP contribution >= 0.6 is 0 Å². The van der Waals surface area contributed by atoms with Gasteiger partial charge >= 0.3 is 11.8 Å². The first-order chi connectivity index (χ1) is 27.8. The van der Waals surface area contributed by atoms with Crippen LogP contribution in [0.1, 0.15) is 90.1 Å². The Bertz CT molecular complexity index is 2050. The largest absolute Gasteiger partial charge is 0.507 e. The topological polar surface area (TPSA) is 217 Å². The van der Waals surface area contributed by atoms with Crippen LogP contribution in [0, 0.1) is 30.6 Å². The fraction of sp³-hybridized carbons (Fsp3) is 0.545. The first-order valence-corrected chi connectivity index (χ1v) is 20.2. The molecule has 2 aromatic rings. The minimum atomic E-state index is -2.04. The molecular weight excluding hydrogens is 762 g/mol. The van der Waals surface area contributed by atoms with E-state index in [9.17, 15) is 39.9 Å². The van der Waals surface area contributed by atoms with E-state index in [1.807, 2.05) is 4.90 Å². The number of ketones is 1.